The Morgan fingerprint density at radius 1 is 1.10 bits per heavy atom. The van der Waals surface area contributed by atoms with Crippen LogP contribution in [0.2, 0.25) is 0 Å². The molecular formula is C22H16FNO5. The zero-order valence-corrected chi connectivity index (χ0v) is 15.3. The summed E-state index contributed by atoms with van der Waals surface area (Å²) in [6, 6.07) is 14.3. The quantitative estimate of drug-likeness (QED) is 0.411. The molecule has 0 aliphatic carbocycles. The highest BCUT2D eigenvalue weighted by Crippen LogP contribution is 2.43. The second-order valence-electron chi connectivity index (χ2n) is 6.36. The highest BCUT2D eigenvalue weighted by atomic mass is 19.1. The van der Waals surface area contributed by atoms with Crippen LogP contribution < -0.4 is 9.64 Å². The van der Waals surface area contributed by atoms with E-state index in [2.05, 4.69) is 0 Å². The number of anilines is 1. The summed E-state index contributed by atoms with van der Waals surface area (Å²) in [7, 11) is 1.36. The largest absolute Gasteiger partial charge is 0.507 e. The van der Waals surface area contributed by atoms with Gasteiger partial charge >= 0.3 is 0 Å². The van der Waals surface area contributed by atoms with Crippen molar-refractivity contribution < 1.29 is 28.2 Å². The Bertz CT molecular complexity index is 1110. The normalized spacial score (nSPS) is 18.3. The number of carbonyl (C=O) groups excluding carboxylic acids is 2. The van der Waals surface area contributed by atoms with Crippen LogP contribution in [-0.2, 0) is 9.59 Å². The summed E-state index contributed by atoms with van der Waals surface area (Å²) in [4.78, 5) is 27.0. The molecular weight excluding hydrogens is 377 g/mol. The number of nitrogens with zero attached hydrogens (tertiary/aromatic N) is 1. The first-order chi connectivity index (χ1) is 14.0. The average molecular weight is 393 g/mol. The van der Waals surface area contributed by atoms with Crippen LogP contribution in [0.5, 0.6) is 5.75 Å². The molecule has 4 rings (SSSR count). The molecule has 1 unspecified atom stereocenters. The van der Waals surface area contributed by atoms with E-state index in [-0.39, 0.29) is 22.6 Å². The number of ether oxygens (including phenoxy) is 1. The standard InChI is InChI=1S/C22H16FNO5/c1-28-16-10-9-13(23)12-15(16)20(25)18-19(17-8-5-11-29-17)24(22(27)21(18)26)14-6-3-2-4-7-14/h2-12,19,25H,1H3/b20-18-. The lowest BCUT2D eigenvalue weighted by Crippen LogP contribution is -2.29. The van der Waals surface area contributed by atoms with E-state index in [1.165, 1.54) is 30.4 Å². The number of Topliss-reactive ketones (excluding diaryl/α,β-unsaturated/α-hetero) is 1. The molecule has 1 amide bonds. The molecule has 0 saturated carbocycles. The van der Waals surface area contributed by atoms with Gasteiger partial charge in [-0.1, -0.05) is 18.2 Å². The highest BCUT2D eigenvalue weighted by molar-refractivity contribution is 6.51. The highest BCUT2D eigenvalue weighted by Gasteiger charge is 2.48. The molecule has 1 aromatic heterocycles. The Kier molecular flexibility index (Phi) is 4.64. The van der Waals surface area contributed by atoms with Crippen molar-refractivity contribution in [2.75, 3.05) is 12.0 Å². The van der Waals surface area contributed by atoms with E-state index >= 15 is 0 Å². The zero-order valence-electron chi connectivity index (χ0n) is 15.3. The van der Waals surface area contributed by atoms with E-state index in [0.29, 0.717) is 5.69 Å². The smallest absolute Gasteiger partial charge is 0.300 e. The maximum atomic E-state index is 13.8. The summed E-state index contributed by atoms with van der Waals surface area (Å²) in [5.74, 6) is -2.45. The molecule has 1 atom stereocenters. The maximum Gasteiger partial charge on any atom is 0.300 e. The molecule has 0 bridgehead atoms. The van der Waals surface area contributed by atoms with E-state index in [4.69, 9.17) is 9.15 Å². The van der Waals surface area contributed by atoms with Crippen LogP contribution in [0.1, 0.15) is 17.4 Å². The lowest BCUT2D eigenvalue weighted by molar-refractivity contribution is -0.132. The van der Waals surface area contributed by atoms with Gasteiger partial charge in [-0.2, -0.15) is 0 Å². The fraction of sp³-hybridized carbons (Fsp3) is 0.0909. The SMILES string of the molecule is COc1ccc(F)cc1/C(O)=C1/C(=O)C(=O)N(c2ccccc2)C1c1ccco1. The summed E-state index contributed by atoms with van der Waals surface area (Å²) in [5.41, 5.74) is 0.217. The maximum absolute atomic E-state index is 13.8. The Morgan fingerprint density at radius 3 is 2.52 bits per heavy atom. The van der Waals surface area contributed by atoms with Crippen LogP contribution in [0.25, 0.3) is 5.76 Å². The number of amides is 1. The number of aliphatic hydroxyl groups excluding tert-OH is 1. The van der Waals surface area contributed by atoms with Gasteiger partial charge in [0.05, 0.1) is 24.5 Å². The van der Waals surface area contributed by atoms with Crippen molar-refractivity contribution in [3.63, 3.8) is 0 Å². The first-order valence-electron chi connectivity index (χ1n) is 8.76. The van der Waals surface area contributed by atoms with Crippen molar-refractivity contribution in [2.24, 2.45) is 0 Å². The van der Waals surface area contributed by atoms with Gasteiger partial charge in [-0.05, 0) is 42.5 Å². The first-order valence-corrected chi connectivity index (χ1v) is 8.76. The molecule has 1 fully saturated rings. The van der Waals surface area contributed by atoms with Crippen molar-refractivity contribution in [1.29, 1.82) is 0 Å². The van der Waals surface area contributed by atoms with Crippen LogP contribution >= 0.6 is 0 Å². The monoisotopic (exact) mass is 393 g/mol. The van der Waals surface area contributed by atoms with E-state index < -0.39 is 29.3 Å². The molecule has 1 saturated heterocycles. The van der Waals surface area contributed by atoms with Gasteiger partial charge in [-0.3, -0.25) is 14.5 Å². The number of hydrogen-bond donors (Lipinski definition) is 1. The average Bonchev–Trinajstić information content (AvgIpc) is 3.35. The van der Waals surface area contributed by atoms with Gasteiger partial charge in [0.15, 0.2) is 0 Å². The molecule has 1 aliphatic heterocycles. The van der Waals surface area contributed by atoms with Crippen molar-refractivity contribution in [1.82, 2.24) is 0 Å². The molecule has 2 aromatic carbocycles. The molecule has 2 heterocycles. The van der Waals surface area contributed by atoms with Crippen LogP contribution in [0.4, 0.5) is 10.1 Å². The fourth-order valence-electron chi connectivity index (χ4n) is 3.41. The number of rotatable bonds is 4. The fourth-order valence-corrected chi connectivity index (χ4v) is 3.41. The summed E-state index contributed by atoms with van der Waals surface area (Å²) >= 11 is 0. The van der Waals surface area contributed by atoms with E-state index in [0.717, 1.165) is 6.07 Å². The predicted octanol–water partition coefficient (Wildman–Crippen LogP) is 4.05. The number of ketones is 1. The van der Waals surface area contributed by atoms with Crippen LogP contribution in [0.15, 0.2) is 76.9 Å². The number of para-hydroxylation sites is 1. The van der Waals surface area contributed by atoms with Gasteiger partial charge in [-0.15, -0.1) is 0 Å². The van der Waals surface area contributed by atoms with Crippen molar-refractivity contribution in [3.8, 4) is 5.75 Å². The molecule has 1 aliphatic rings. The van der Waals surface area contributed by atoms with Gasteiger partial charge < -0.3 is 14.3 Å². The Labute approximate surface area is 165 Å². The van der Waals surface area contributed by atoms with Gasteiger partial charge in [0, 0.05) is 5.69 Å². The van der Waals surface area contributed by atoms with E-state index in [1.54, 1.807) is 42.5 Å². The molecule has 0 spiro atoms. The van der Waals surface area contributed by atoms with E-state index in [9.17, 15) is 19.1 Å². The lowest BCUT2D eigenvalue weighted by atomic mass is 9.98. The van der Waals surface area contributed by atoms with Gasteiger partial charge in [0.1, 0.15) is 29.1 Å². The van der Waals surface area contributed by atoms with Crippen LogP contribution in [0, 0.1) is 5.82 Å². The Morgan fingerprint density at radius 2 is 1.86 bits per heavy atom. The van der Waals surface area contributed by atoms with E-state index in [1.807, 2.05) is 0 Å². The third kappa shape index (κ3) is 3.06. The molecule has 6 nitrogen and oxygen atoms in total. The Hall–Kier alpha value is -3.87. The first kappa shape index (κ1) is 18.5. The topological polar surface area (TPSA) is 80.0 Å². The number of furan rings is 1. The minimum Gasteiger partial charge on any atom is -0.507 e. The summed E-state index contributed by atoms with van der Waals surface area (Å²) in [6.07, 6.45) is 1.41. The van der Waals surface area contributed by atoms with Crippen LogP contribution in [0.3, 0.4) is 0 Å². The number of halogens is 1. The number of aliphatic hydroxyl groups is 1. The second kappa shape index (κ2) is 7.27. The number of hydrogen-bond acceptors (Lipinski definition) is 5. The van der Waals surface area contributed by atoms with Gasteiger partial charge in [-0.25, -0.2) is 4.39 Å². The summed E-state index contributed by atoms with van der Waals surface area (Å²) in [5, 5.41) is 11.0. The minimum atomic E-state index is -1.01. The molecule has 146 valence electrons. The van der Waals surface area contributed by atoms with Crippen LogP contribution in [-0.4, -0.2) is 23.9 Å². The third-order valence-electron chi connectivity index (χ3n) is 4.71. The lowest BCUT2D eigenvalue weighted by Gasteiger charge is -2.23. The number of methoxy groups -OCH3 is 1. The van der Waals surface area contributed by atoms with Gasteiger partial charge in [0.25, 0.3) is 11.7 Å². The molecule has 1 N–H and O–H groups in total. The molecule has 29 heavy (non-hydrogen) atoms. The molecule has 7 heteroatoms. The van der Waals surface area contributed by atoms with Crippen molar-refractivity contribution in [3.05, 3.63) is 89.6 Å². The minimum absolute atomic E-state index is 0.0323. The number of carbonyl (C=O) groups is 2. The summed E-state index contributed by atoms with van der Waals surface area (Å²) < 4.78 is 24.5. The van der Waals surface area contributed by atoms with Gasteiger partial charge in [0.2, 0.25) is 0 Å². The number of benzene rings is 2. The predicted molar refractivity (Wildman–Crippen MR) is 103 cm³/mol. The van der Waals surface area contributed by atoms with Crippen molar-refractivity contribution >= 4 is 23.1 Å². The molecule has 3 aromatic rings. The van der Waals surface area contributed by atoms with Crippen molar-refractivity contribution in [2.45, 2.75) is 6.04 Å². The summed E-state index contributed by atoms with van der Waals surface area (Å²) in [6.45, 7) is 0. The zero-order chi connectivity index (χ0) is 20.5. The second-order valence-corrected chi connectivity index (χ2v) is 6.36. The molecule has 0 radical (unpaired) electrons. The third-order valence-corrected chi connectivity index (χ3v) is 4.71. The Balaban J connectivity index is 1.96.